The second kappa shape index (κ2) is 3.50. The molecule has 4 atom stereocenters. The molecule has 4 aliphatic rings. The summed E-state index contributed by atoms with van der Waals surface area (Å²) in [6.45, 7) is 0. The van der Waals surface area contributed by atoms with E-state index in [2.05, 4.69) is 31.2 Å². The van der Waals surface area contributed by atoms with Crippen molar-refractivity contribution in [3.05, 3.63) is 0 Å². The average Bonchev–Trinajstić information content (AvgIpc) is 2.78. The van der Waals surface area contributed by atoms with Gasteiger partial charge in [-0.25, -0.2) is 5.43 Å². The highest BCUT2D eigenvalue weighted by Gasteiger charge is 2.53. The fraction of sp³-hybridized carbons (Fsp3) is 0.818. The van der Waals surface area contributed by atoms with E-state index < -0.39 is 5.60 Å². The summed E-state index contributed by atoms with van der Waals surface area (Å²) in [5.41, 5.74) is 3.64. The molecule has 0 saturated heterocycles. The lowest BCUT2D eigenvalue weighted by Crippen LogP contribution is -2.55. The van der Waals surface area contributed by atoms with Gasteiger partial charge in [0.05, 0.1) is 5.60 Å². The summed E-state index contributed by atoms with van der Waals surface area (Å²) >= 11 is 0. The minimum Gasteiger partial charge on any atom is -0.390 e. The zero-order valence-corrected chi connectivity index (χ0v) is 10.0. The van der Waals surface area contributed by atoms with Gasteiger partial charge in [0.1, 0.15) is 0 Å². The van der Waals surface area contributed by atoms with Crippen LogP contribution in [0.1, 0.15) is 32.1 Å². The van der Waals surface area contributed by atoms with Gasteiger partial charge in [0.2, 0.25) is 0 Å². The Morgan fingerprint density at radius 3 is 2.67 bits per heavy atom. The molecule has 0 aromatic carbocycles. The van der Waals surface area contributed by atoms with E-state index in [-0.39, 0.29) is 0 Å². The van der Waals surface area contributed by atoms with Gasteiger partial charge >= 0.3 is 0 Å². The monoisotopic (exact) mass is 248 g/mol. The molecule has 2 unspecified atom stereocenters. The number of nitrogens with zero attached hydrogens (tertiary/aromatic N) is 4. The summed E-state index contributed by atoms with van der Waals surface area (Å²) in [6, 6.07) is 0. The second-order valence-electron chi connectivity index (χ2n) is 5.95. The van der Waals surface area contributed by atoms with Crippen molar-refractivity contribution in [3.63, 3.8) is 0 Å². The number of H-pyrrole nitrogens is 1. The zero-order valence-electron chi connectivity index (χ0n) is 10.0. The first kappa shape index (κ1) is 10.4. The third-order valence-corrected chi connectivity index (χ3v) is 4.62. The van der Waals surface area contributed by atoms with Gasteiger partial charge in [-0.3, -0.25) is 0 Å². The Kier molecular flexibility index (Phi) is 2.03. The van der Waals surface area contributed by atoms with Crippen molar-refractivity contribution in [3.8, 4) is 0 Å². The molecule has 0 aliphatic heterocycles. The molecule has 0 radical (unpaired) electrons. The SMILES string of the molecule is OC12CC3C[C@H](C1)C(=NNc1nn[nH]n1)[C@@H](C3)C2. The third-order valence-electron chi connectivity index (χ3n) is 4.62. The van der Waals surface area contributed by atoms with E-state index in [0.717, 1.165) is 19.3 Å². The smallest absolute Gasteiger partial charge is 0.283 e. The van der Waals surface area contributed by atoms with Crippen LogP contribution in [-0.4, -0.2) is 37.0 Å². The Morgan fingerprint density at radius 1 is 1.28 bits per heavy atom. The Balaban J connectivity index is 1.58. The molecule has 1 heterocycles. The summed E-state index contributed by atoms with van der Waals surface area (Å²) in [6.07, 6.45) is 5.07. The fourth-order valence-corrected chi connectivity index (χ4v) is 4.23. The highest BCUT2D eigenvalue weighted by Crippen LogP contribution is 2.54. The van der Waals surface area contributed by atoms with Crippen LogP contribution >= 0.6 is 0 Å². The van der Waals surface area contributed by atoms with Crippen molar-refractivity contribution in [2.75, 3.05) is 5.43 Å². The van der Waals surface area contributed by atoms with Gasteiger partial charge in [-0.15, -0.1) is 5.10 Å². The van der Waals surface area contributed by atoms with Crippen molar-refractivity contribution >= 4 is 11.7 Å². The van der Waals surface area contributed by atoms with E-state index in [1.165, 1.54) is 18.6 Å². The Labute approximate surface area is 104 Å². The molecule has 4 fully saturated rings. The minimum absolute atomic E-state index is 0.398. The van der Waals surface area contributed by atoms with Gasteiger partial charge in [-0.2, -0.15) is 10.3 Å². The van der Waals surface area contributed by atoms with Crippen LogP contribution in [0.5, 0.6) is 0 Å². The molecular weight excluding hydrogens is 232 g/mol. The van der Waals surface area contributed by atoms with Gasteiger partial charge in [0, 0.05) is 17.5 Å². The van der Waals surface area contributed by atoms with Crippen LogP contribution in [0.25, 0.3) is 0 Å². The number of hydrogen-bond acceptors (Lipinski definition) is 6. The lowest BCUT2D eigenvalue weighted by molar-refractivity contribution is -0.0824. The van der Waals surface area contributed by atoms with Gasteiger partial charge in [-0.1, -0.05) is 5.10 Å². The summed E-state index contributed by atoms with van der Waals surface area (Å²) in [7, 11) is 0. The molecule has 0 spiro atoms. The van der Waals surface area contributed by atoms with Crippen molar-refractivity contribution in [1.82, 2.24) is 20.6 Å². The molecule has 1 aromatic rings. The first-order valence-electron chi connectivity index (χ1n) is 6.51. The van der Waals surface area contributed by atoms with E-state index in [4.69, 9.17) is 0 Å². The molecule has 3 N–H and O–H groups in total. The van der Waals surface area contributed by atoms with Crippen LogP contribution in [0.15, 0.2) is 5.10 Å². The van der Waals surface area contributed by atoms with Crippen LogP contribution in [-0.2, 0) is 0 Å². The highest BCUT2D eigenvalue weighted by molar-refractivity contribution is 5.91. The number of aromatic nitrogens is 4. The average molecular weight is 248 g/mol. The number of hydrazone groups is 1. The topological polar surface area (TPSA) is 99.1 Å². The lowest BCUT2D eigenvalue weighted by atomic mass is 9.53. The Morgan fingerprint density at radius 2 is 2.06 bits per heavy atom. The molecule has 4 bridgehead atoms. The van der Waals surface area contributed by atoms with E-state index >= 15 is 0 Å². The summed E-state index contributed by atoms with van der Waals surface area (Å²) in [5.74, 6) is 1.95. The molecule has 96 valence electrons. The van der Waals surface area contributed by atoms with Crippen LogP contribution in [0.2, 0.25) is 0 Å². The molecule has 4 saturated carbocycles. The van der Waals surface area contributed by atoms with Crippen molar-refractivity contribution in [1.29, 1.82) is 0 Å². The van der Waals surface area contributed by atoms with Crippen LogP contribution < -0.4 is 5.43 Å². The number of rotatable bonds is 2. The second-order valence-corrected chi connectivity index (χ2v) is 5.95. The van der Waals surface area contributed by atoms with Crippen LogP contribution in [0.3, 0.4) is 0 Å². The van der Waals surface area contributed by atoms with E-state index in [1.54, 1.807) is 0 Å². The molecule has 18 heavy (non-hydrogen) atoms. The molecule has 0 amide bonds. The molecule has 1 aromatic heterocycles. The number of hydrogen-bond donors (Lipinski definition) is 3. The fourth-order valence-electron chi connectivity index (χ4n) is 4.23. The van der Waals surface area contributed by atoms with Crippen molar-refractivity contribution < 1.29 is 5.11 Å². The van der Waals surface area contributed by atoms with E-state index in [1.807, 2.05) is 0 Å². The number of aliphatic hydroxyl groups is 1. The minimum atomic E-state index is -0.415. The molecular formula is C11H16N6O. The predicted molar refractivity (Wildman–Crippen MR) is 63.7 cm³/mol. The Hall–Kier alpha value is -1.50. The maximum atomic E-state index is 10.5. The molecule has 5 rings (SSSR count). The third kappa shape index (κ3) is 1.53. The van der Waals surface area contributed by atoms with Gasteiger partial charge < -0.3 is 5.11 Å². The maximum absolute atomic E-state index is 10.5. The van der Waals surface area contributed by atoms with Gasteiger partial charge in [0.25, 0.3) is 5.95 Å². The quantitative estimate of drug-likeness (QED) is 0.663. The molecule has 4 aliphatic carbocycles. The van der Waals surface area contributed by atoms with Gasteiger partial charge in [-0.05, 0) is 43.2 Å². The Bertz CT molecular complexity index is 466. The van der Waals surface area contributed by atoms with Crippen molar-refractivity contribution in [2.24, 2.45) is 22.9 Å². The molecule has 7 nitrogen and oxygen atoms in total. The number of aromatic amines is 1. The van der Waals surface area contributed by atoms with E-state index in [0.29, 0.717) is 23.7 Å². The van der Waals surface area contributed by atoms with Crippen LogP contribution in [0.4, 0.5) is 5.95 Å². The normalized spacial score (nSPS) is 43.6. The standard InChI is InChI=1S/C11H16N6O/c18-11-3-6-1-7(4-11)9(8(2-6)5-11)12-13-10-14-16-17-15-10/h6-8,18H,1-5H2,(H2,13,14,15,16,17)/t6?,7-,8+,11?. The highest BCUT2D eigenvalue weighted by atomic mass is 16.3. The largest absolute Gasteiger partial charge is 0.390 e. The maximum Gasteiger partial charge on any atom is 0.283 e. The summed E-state index contributed by atoms with van der Waals surface area (Å²) in [4.78, 5) is 0. The number of anilines is 1. The van der Waals surface area contributed by atoms with E-state index in [9.17, 15) is 5.11 Å². The first-order chi connectivity index (χ1) is 8.72. The first-order valence-corrected chi connectivity index (χ1v) is 6.51. The van der Waals surface area contributed by atoms with Crippen LogP contribution in [0, 0.1) is 17.8 Å². The molecule has 7 heteroatoms. The lowest BCUT2D eigenvalue weighted by Gasteiger charge is -2.54. The number of tetrazole rings is 1. The zero-order chi connectivity index (χ0) is 12.2. The predicted octanol–water partition coefficient (Wildman–Crippen LogP) is 0.539. The van der Waals surface area contributed by atoms with Crippen molar-refractivity contribution in [2.45, 2.75) is 37.7 Å². The number of nitrogens with one attached hydrogen (secondary N) is 2. The summed E-state index contributed by atoms with van der Waals surface area (Å²) in [5, 5.41) is 28.4. The van der Waals surface area contributed by atoms with Gasteiger partial charge in [0.15, 0.2) is 0 Å². The summed E-state index contributed by atoms with van der Waals surface area (Å²) < 4.78 is 0.